The number of carboxylic acids is 1. The number of Topliss-reactive ketones (excluding diaryl/α,β-unsaturated/α-hetero) is 1. The number of carbonyl (C=O) groups excluding carboxylic acids is 1. The molecule has 3 aromatic carbocycles. The van der Waals surface area contributed by atoms with Gasteiger partial charge in [0.1, 0.15) is 11.5 Å². The van der Waals surface area contributed by atoms with Crippen LogP contribution in [-0.4, -0.2) is 28.4 Å². The summed E-state index contributed by atoms with van der Waals surface area (Å²) in [6.45, 7) is 4.67. The van der Waals surface area contributed by atoms with Crippen molar-refractivity contribution in [3.63, 3.8) is 0 Å². The van der Waals surface area contributed by atoms with Crippen molar-refractivity contribution in [2.24, 2.45) is 0 Å². The Kier molecular flexibility index (Phi) is 8.93. The number of hydrogen-bond donors (Lipinski definition) is 2. The van der Waals surface area contributed by atoms with Crippen LogP contribution in [0.25, 0.3) is 11.5 Å². The fourth-order valence-electron chi connectivity index (χ4n) is 4.15. The number of nitrogens with one attached hydrogen (secondary N) is 1. The van der Waals surface area contributed by atoms with Gasteiger partial charge in [-0.2, -0.15) is 0 Å². The minimum atomic E-state index is -0.835. The highest BCUT2D eigenvalue weighted by Crippen LogP contribution is 2.24. The van der Waals surface area contributed by atoms with Gasteiger partial charge in [-0.3, -0.25) is 9.59 Å². The molecule has 2 N–H and O–H groups in total. The highest BCUT2D eigenvalue weighted by molar-refractivity contribution is 5.96. The number of aromatic nitrogens is 1. The van der Waals surface area contributed by atoms with Crippen molar-refractivity contribution in [2.45, 2.75) is 46.1 Å². The number of hydrogen-bond acceptors (Lipinski definition) is 6. The predicted octanol–water partition coefficient (Wildman–Crippen LogP) is 6.49. The van der Waals surface area contributed by atoms with E-state index in [0.717, 1.165) is 33.8 Å². The van der Waals surface area contributed by atoms with Crippen LogP contribution in [0.1, 0.15) is 52.7 Å². The summed E-state index contributed by atoms with van der Waals surface area (Å²) in [6, 6.07) is 22.9. The summed E-state index contributed by atoms with van der Waals surface area (Å²) in [5, 5.41) is 12.5. The SMILES string of the molecule is CCC(=O)c1ccc(NCc2cc(OCCc3nc(-c4ccccc4)oc3C)ccc2CCC(=O)O)cc1. The molecule has 0 spiro atoms. The summed E-state index contributed by atoms with van der Waals surface area (Å²) in [6.07, 6.45) is 1.55. The van der Waals surface area contributed by atoms with Gasteiger partial charge in [0.05, 0.1) is 12.3 Å². The van der Waals surface area contributed by atoms with Crippen LogP contribution in [-0.2, 0) is 24.2 Å². The lowest BCUT2D eigenvalue weighted by molar-refractivity contribution is -0.136. The minimum Gasteiger partial charge on any atom is -0.493 e. The van der Waals surface area contributed by atoms with Gasteiger partial charge in [0, 0.05) is 42.6 Å². The molecule has 1 aromatic heterocycles. The summed E-state index contributed by atoms with van der Waals surface area (Å²) < 4.78 is 11.9. The molecule has 1 heterocycles. The average Bonchev–Trinajstić information content (AvgIpc) is 3.31. The lowest BCUT2D eigenvalue weighted by Gasteiger charge is -2.14. The van der Waals surface area contributed by atoms with Crippen LogP contribution in [0.5, 0.6) is 5.75 Å². The molecule has 0 saturated heterocycles. The number of carbonyl (C=O) groups is 2. The summed E-state index contributed by atoms with van der Waals surface area (Å²) in [5.41, 5.74) is 5.27. The number of ketones is 1. The monoisotopic (exact) mass is 512 g/mol. The minimum absolute atomic E-state index is 0.0518. The molecule has 0 amide bonds. The van der Waals surface area contributed by atoms with Gasteiger partial charge in [-0.1, -0.05) is 31.2 Å². The normalized spacial score (nSPS) is 10.8. The van der Waals surface area contributed by atoms with Crippen molar-refractivity contribution >= 4 is 17.4 Å². The molecule has 0 unspecified atom stereocenters. The molecular weight excluding hydrogens is 480 g/mol. The molecule has 4 rings (SSSR count). The second-order valence-electron chi connectivity index (χ2n) is 9.02. The third-order valence-electron chi connectivity index (χ3n) is 6.32. The van der Waals surface area contributed by atoms with Crippen LogP contribution in [0.15, 0.2) is 77.2 Å². The molecule has 0 aliphatic heterocycles. The molecule has 4 aromatic rings. The molecule has 0 saturated carbocycles. The van der Waals surface area contributed by atoms with E-state index in [2.05, 4.69) is 10.3 Å². The van der Waals surface area contributed by atoms with Crippen molar-refractivity contribution in [2.75, 3.05) is 11.9 Å². The van der Waals surface area contributed by atoms with Gasteiger partial charge >= 0.3 is 5.97 Å². The summed E-state index contributed by atoms with van der Waals surface area (Å²) in [7, 11) is 0. The lowest BCUT2D eigenvalue weighted by Crippen LogP contribution is -2.07. The van der Waals surface area contributed by atoms with Crippen LogP contribution in [0, 0.1) is 6.92 Å². The fraction of sp³-hybridized carbons (Fsp3) is 0.258. The lowest BCUT2D eigenvalue weighted by atomic mass is 10.0. The molecule has 0 aliphatic carbocycles. The molecule has 7 heteroatoms. The van der Waals surface area contributed by atoms with Crippen LogP contribution >= 0.6 is 0 Å². The number of rotatable bonds is 13. The first-order valence-corrected chi connectivity index (χ1v) is 12.8. The van der Waals surface area contributed by atoms with Gasteiger partial charge in [0.15, 0.2) is 5.78 Å². The predicted molar refractivity (Wildman–Crippen MR) is 147 cm³/mol. The molecule has 38 heavy (non-hydrogen) atoms. The van der Waals surface area contributed by atoms with Crippen molar-refractivity contribution in [3.05, 3.63) is 101 Å². The van der Waals surface area contributed by atoms with E-state index in [4.69, 9.17) is 14.3 Å². The molecule has 7 nitrogen and oxygen atoms in total. The summed E-state index contributed by atoms with van der Waals surface area (Å²) in [5.74, 6) is 1.34. The third kappa shape index (κ3) is 7.09. The number of nitrogens with zero attached hydrogens (tertiary/aromatic N) is 1. The maximum Gasteiger partial charge on any atom is 0.303 e. The van der Waals surface area contributed by atoms with E-state index in [1.165, 1.54) is 0 Å². The van der Waals surface area contributed by atoms with Crippen LogP contribution in [0.2, 0.25) is 0 Å². The van der Waals surface area contributed by atoms with E-state index in [1.807, 2.05) is 86.6 Å². The van der Waals surface area contributed by atoms with E-state index in [0.29, 0.717) is 49.6 Å². The van der Waals surface area contributed by atoms with Crippen molar-refractivity contribution in [1.82, 2.24) is 4.98 Å². The largest absolute Gasteiger partial charge is 0.493 e. The zero-order chi connectivity index (χ0) is 26.9. The van der Waals surface area contributed by atoms with Gasteiger partial charge in [0.2, 0.25) is 5.89 Å². The van der Waals surface area contributed by atoms with Gasteiger partial charge in [-0.25, -0.2) is 4.98 Å². The number of aliphatic carboxylic acids is 1. The van der Waals surface area contributed by atoms with E-state index < -0.39 is 5.97 Å². The maximum atomic E-state index is 11.9. The van der Waals surface area contributed by atoms with Gasteiger partial charge in [-0.15, -0.1) is 0 Å². The zero-order valence-electron chi connectivity index (χ0n) is 21.7. The number of benzene rings is 3. The fourth-order valence-corrected chi connectivity index (χ4v) is 4.15. The Labute approximate surface area is 222 Å². The first-order valence-electron chi connectivity index (χ1n) is 12.8. The topological polar surface area (TPSA) is 102 Å². The summed E-state index contributed by atoms with van der Waals surface area (Å²) >= 11 is 0. The van der Waals surface area contributed by atoms with Crippen LogP contribution in [0.4, 0.5) is 5.69 Å². The van der Waals surface area contributed by atoms with Crippen molar-refractivity contribution < 1.29 is 23.8 Å². The molecule has 0 aliphatic rings. The molecule has 0 bridgehead atoms. The third-order valence-corrected chi connectivity index (χ3v) is 6.32. The number of anilines is 1. The Bertz CT molecular complexity index is 1380. The highest BCUT2D eigenvalue weighted by atomic mass is 16.5. The smallest absolute Gasteiger partial charge is 0.303 e. The molecule has 0 atom stereocenters. The second-order valence-corrected chi connectivity index (χ2v) is 9.02. The zero-order valence-corrected chi connectivity index (χ0v) is 21.7. The number of oxazole rings is 1. The first-order chi connectivity index (χ1) is 18.4. The Morgan fingerprint density at radius 1 is 0.974 bits per heavy atom. The quantitative estimate of drug-likeness (QED) is 0.197. The number of ether oxygens (including phenoxy) is 1. The Balaban J connectivity index is 1.41. The van der Waals surface area contributed by atoms with Crippen LogP contribution < -0.4 is 10.1 Å². The molecule has 0 fully saturated rings. The van der Waals surface area contributed by atoms with Gasteiger partial charge in [0.25, 0.3) is 0 Å². The maximum absolute atomic E-state index is 11.9. The Morgan fingerprint density at radius 3 is 2.45 bits per heavy atom. The molecule has 196 valence electrons. The van der Waals surface area contributed by atoms with Crippen LogP contribution in [0.3, 0.4) is 0 Å². The number of aryl methyl sites for hydroxylation is 2. The van der Waals surface area contributed by atoms with E-state index in [1.54, 1.807) is 0 Å². The van der Waals surface area contributed by atoms with E-state index >= 15 is 0 Å². The summed E-state index contributed by atoms with van der Waals surface area (Å²) in [4.78, 5) is 27.7. The van der Waals surface area contributed by atoms with E-state index in [9.17, 15) is 9.59 Å². The second kappa shape index (κ2) is 12.7. The molecular formula is C31H32N2O5. The molecule has 0 radical (unpaired) electrons. The highest BCUT2D eigenvalue weighted by Gasteiger charge is 2.12. The average molecular weight is 513 g/mol. The Morgan fingerprint density at radius 2 is 1.74 bits per heavy atom. The number of carboxylic acid groups (broad SMARTS) is 1. The van der Waals surface area contributed by atoms with E-state index in [-0.39, 0.29) is 12.2 Å². The van der Waals surface area contributed by atoms with Gasteiger partial charge in [-0.05, 0) is 73.0 Å². The first kappa shape index (κ1) is 26.7. The standard InChI is InChI=1S/C31H32N2O5/c1-3-29(34)23-9-13-26(14-10-23)32-20-25-19-27(15-11-22(25)12-16-30(35)36)37-18-17-28-21(2)38-31(33-28)24-7-5-4-6-8-24/h4-11,13-15,19,32H,3,12,16-18,20H2,1-2H3,(H,35,36). The Hall–Kier alpha value is -4.39. The van der Waals surface area contributed by atoms with Crippen molar-refractivity contribution in [3.8, 4) is 17.2 Å². The van der Waals surface area contributed by atoms with Crippen molar-refractivity contribution in [1.29, 1.82) is 0 Å². The van der Waals surface area contributed by atoms with Gasteiger partial charge < -0.3 is 19.6 Å².